The van der Waals surface area contributed by atoms with Crippen LogP contribution in [0.5, 0.6) is 5.75 Å². The largest absolute Gasteiger partial charge is 0.482 e. The van der Waals surface area contributed by atoms with Crippen LogP contribution in [0.2, 0.25) is 0 Å². The quantitative estimate of drug-likeness (QED) is 0.474. The monoisotopic (exact) mass is 652 g/mol. The van der Waals surface area contributed by atoms with E-state index >= 15 is 0 Å². The molecule has 166 valence electrons. The number of carbonyl (C=O) groups excluding carboxylic acids is 1. The van der Waals surface area contributed by atoms with Gasteiger partial charge in [0.25, 0.3) is 5.91 Å². The van der Waals surface area contributed by atoms with Crippen LogP contribution in [0.1, 0.15) is 29.8 Å². The number of ether oxygens (including phenoxy) is 1. The minimum absolute atomic E-state index is 0.0255. The van der Waals surface area contributed by atoms with Gasteiger partial charge in [0.15, 0.2) is 6.61 Å². The second-order valence-corrected chi connectivity index (χ2v) is 10.1. The Morgan fingerprint density at radius 3 is 2.45 bits per heavy atom. The number of hydrogen-bond donors (Lipinski definition) is 1. The van der Waals surface area contributed by atoms with Gasteiger partial charge in [-0.1, -0.05) is 12.1 Å². The molecular formula is C22H23FI2N2O4. The van der Waals surface area contributed by atoms with Gasteiger partial charge in [-0.05, 0) is 88.9 Å². The first-order valence-electron chi connectivity index (χ1n) is 9.78. The number of carboxylic acid groups (broad SMARTS) is 1. The number of benzene rings is 2. The molecule has 1 heterocycles. The number of piperazine rings is 1. The first-order chi connectivity index (χ1) is 14.7. The molecule has 2 aromatic rings. The number of halogens is 3. The van der Waals surface area contributed by atoms with Gasteiger partial charge >= 0.3 is 5.97 Å². The van der Waals surface area contributed by atoms with E-state index < -0.39 is 5.97 Å². The fraction of sp³-hybridized carbons (Fsp3) is 0.364. The van der Waals surface area contributed by atoms with E-state index in [4.69, 9.17) is 4.74 Å². The van der Waals surface area contributed by atoms with Crippen molar-refractivity contribution in [3.05, 3.63) is 60.5 Å². The summed E-state index contributed by atoms with van der Waals surface area (Å²) in [4.78, 5) is 28.5. The van der Waals surface area contributed by atoms with Crippen LogP contribution in [0, 0.1) is 13.0 Å². The Kier molecular flexibility index (Phi) is 8.14. The van der Waals surface area contributed by atoms with Crippen LogP contribution in [0.15, 0.2) is 36.4 Å². The first kappa shape index (κ1) is 24.2. The van der Waals surface area contributed by atoms with Crippen LogP contribution in [0.3, 0.4) is 0 Å². The zero-order valence-electron chi connectivity index (χ0n) is 17.1. The number of nitrogens with zero attached hydrogens (tertiary/aromatic N) is 2. The van der Waals surface area contributed by atoms with Gasteiger partial charge in [-0.15, -0.1) is 0 Å². The van der Waals surface area contributed by atoms with Crippen LogP contribution in [-0.2, 0) is 11.3 Å². The molecular weight excluding hydrogens is 629 g/mol. The SMILES string of the molecule is C[C@@H]1CN(C(=O)COc2c(I)cc(I)cc2C(=O)O)[C@@H](C)CN1Cc1ccc(F)cc1. The second kappa shape index (κ2) is 10.4. The van der Waals surface area contributed by atoms with Crippen molar-refractivity contribution in [1.29, 1.82) is 0 Å². The molecule has 1 aliphatic rings. The van der Waals surface area contributed by atoms with Crippen molar-refractivity contribution < 1.29 is 23.8 Å². The summed E-state index contributed by atoms with van der Waals surface area (Å²) < 4.78 is 20.3. The van der Waals surface area contributed by atoms with E-state index in [1.54, 1.807) is 17.0 Å². The highest BCUT2D eigenvalue weighted by Crippen LogP contribution is 2.29. The summed E-state index contributed by atoms with van der Waals surface area (Å²) in [5.41, 5.74) is 1.08. The molecule has 0 aliphatic carbocycles. The van der Waals surface area contributed by atoms with Crippen LogP contribution in [0.25, 0.3) is 0 Å². The molecule has 0 unspecified atom stereocenters. The number of aromatic carboxylic acids is 1. The third-order valence-corrected chi connectivity index (χ3v) is 6.74. The van der Waals surface area contributed by atoms with E-state index in [2.05, 4.69) is 34.4 Å². The maximum absolute atomic E-state index is 13.2. The van der Waals surface area contributed by atoms with Crippen LogP contribution < -0.4 is 4.74 Å². The van der Waals surface area contributed by atoms with Gasteiger partial charge in [0.05, 0.1) is 3.57 Å². The molecule has 0 radical (unpaired) electrons. The van der Waals surface area contributed by atoms with Gasteiger partial charge < -0.3 is 14.7 Å². The van der Waals surface area contributed by atoms with Gasteiger partial charge in [0.1, 0.15) is 17.1 Å². The van der Waals surface area contributed by atoms with Crippen molar-refractivity contribution in [3.8, 4) is 5.75 Å². The Bertz CT molecular complexity index is 971. The van der Waals surface area contributed by atoms with Crippen molar-refractivity contribution in [2.24, 2.45) is 0 Å². The molecule has 1 N–H and O–H groups in total. The highest BCUT2D eigenvalue weighted by Gasteiger charge is 2.32. The van der Waals surface area contributed by atoms with Gasteiger partial charge in [-0.2, -0.15) is 0 Å². The van der Waals surface area contributed by atoms with E-state index in [0.29, 0.717) is 23.2 Å². The second-order valence-electron chi connectivity index (χ2n) is 7.66. The van der Waals surface area contributed by atoms with Crippen molar-refractivity contribution in [2.75, 3.05) is 19.7 Å². The Morgan fingerprint density at radius 2 is 1.81 bits per heavy atom. The van der Waals surface area contributed by atoms with E-state index in [1.807, 2.05) is 35.6 Å². The number of carboxylic acids is 1. The molecule has 0 aromatic heterocycles. The fourth-order valence-electron chi connectivity index (χ4n) is 3.67. The lowest BCUT2D eigenvalue weighted by molar-refractivity contribution is -0.139. The van der Waals surface area contributed by atoms with Crippen LogP contribution >= 0.6 is 45.2 Å². The summed E-state index contributed by atoms with van der Waals surface area (Å²) in [6.07, 6.45) is 0. The normalized spacial score (nSPS) is 19.3. The van der Waals surface area contributed by atoms with Crippen molar-refractivity contribution in [1.82, 2.24) is 9.80 Å². The Hall–Kier alpha value is -1.47. The van der Waals surface area contributed by atoms with Crippen LogP contribution in [0.4, 0.5) is 4.39 Å². The van der Waals surface area contributed by atoms with E-state index in [9.17, 15) is 19.1 Å². The summed E-state index contributed by atoms with van der Waals surface area (Å²) >= 11 is 4.07. The van der Waals surface area contributed by atoms with Crippen LogP contribution in [-0.4, -0.2) is 58.6 Å². The highest BCUT2D eigenvalue weighted by atomic mass is 127. The first-order valence-corrected chi connectivity index (χ1v) is 11.9. The number of amides is 1. The molecule has 0 saturated carbocycles. The third-order valence-electron chi connectivity index (χ3n) is 5.31. The topological polar surface area (TPSA) is 70.1 Å². The summed E-state index contributed by atoms with van der Waals surface area (Å²) in [5, 5.41) is 9.46. The van der Waals surface area contributed by atoms with Gasteiger partial charge in [0, 0.05) is 35.3 Å². The molecule has 6 nitrogen and oxygen atoms in total. The lowest BCUT2D eigenvalue weighted by Gasteiger charge is -2.44. The Balaban J connectivity index is 1.63. The summed E-state index contributed by atoms with van der Waals surface area (Å²) in [7, 11) is 0. The zero-order valence-corrected chi connectivity index (χ0v) is 21.5. The summed E-state index contributed by atoms with van der Waals surface area (Å²) in [5.74, 6) is -1.30. The average Bonchev–Trinajstić information content (AvgIpc) is 2.70. The Labute approximate surface area is 208 Å². The molecule has 2 atom stereocenters. The molecule has 2 aromatic carbocycles. The standard InChI is InChI=1S/C22H23FI2N2O4/c1-13-10-27(14(2)9-26(13)11-15-3-5-16(23)6-4-15)20(28)12-31-21-18(22(29)30)7-17(24)8-19(21)25/h3-8,13-14H,9-12H2,1-2H3,(H,29,30)/t13-,14+/m1/s1. The van der Waals surface area contributed by atoms with Gasteiger partial charge in [-0.25, -0.2) is 9.18 Å². The number of carbonyl (C=O) groups is 2. The van der Waals surface area contributed by atoms with E-state index in [-0.39, 0.29) is 41.7 Å². The molecule has 3 rings (SSSR count). The molecule has 1 aliphatic heterocycles. The molecule has 1 fully saturated rings. The van der Waals surface area contributed by atoms with Gasteiger partial charge in [0.2, 0.25) is 0 Å². The van der Waals surface area contributed by atoms with Gasteiger partial charge in [-0.3, -0.25) is 9.69 Å². The Morgan fingerprint density at radius 1 is 1.13 bits per heavy atom. The maximum atomic E-state index is 13.2. The zero-order chi connectivity index (χ0) is 22.7. The minimum Gasteiger partial charge on any atom is -0.482 e. The average molecular weight is 652 g/mol. The molecule has 31 heavy (non-hydrogen) atoms. The van der Waals surface area contributed by atoms with Crippen molar-refractivity contribution in [2.45, 2.75) is 32.5 Å². The minimum atomic E-state index is -1.09. The number of rotatable bonds is 6. The third kappa shape index (κ3) is 6.07. The lowest BCUT2D eigenvalue weighted by atomic mass is 10.1. The van der Waals surface area contributed by atoms with E-state index in [0.717, 1.165) is 9.13 Å². The maximum Gasteiger partial charge on any atom is 0.339 e. The molecule has 1 amide bonds. The molecule has 1 saturated heterocycles. The predicted octanol–water partition coefficient (Wildman–Crippen LogP) is 4.23. The summed E-state index contributed by atoms with van der Waals surface area (Å²) in [6.45, 7) is 5.74. The number of hydrogen-bond acceptors (Lipinski definition) is 4. The predicted molar refractivity (Wildman–Crippen MR) is 132 cm³/mol. The molecule has 0 spiro atoms. The summed E-state index contributed by atoms with van der Waals surface area (Å²) in [6, 6.07) is 9.91. The van der Waals surface area contributed by atoms with Crippen molar-refractivity contribution >= 4 is 57.1 Å². The molecule has 9 heteroatoms. The highest BCUT2D eigenvalue weighted by molar-refractivity contribution is 14.1. The molecule has 0 bridgehead atoms. The van der Waals surface area contributed by atoms with Crippen molar-refractivity contribution in [3.63, 3.8) is 0 Å². The fourth-order valence-corrected chi connectivity index (χ4v) is 5.67. The lowest BCUT2D eigenvalue weighted by Crippen LogP contribution is -2.58. The van der Waals surface area contributed by atoms with E-state index in [1.165, 1.54) is 18.2 Å². The smallest absolute Gasteiger partial charge is 0.339 e.